The number of aromatic nitrogens is 2. The topological polar surface area (TPSA) is 73.1 Å². The van der Waals surface area contributed by atoms with Crippen molar-refractivity contribution in [3.05, 3.63) is 6.33 Å². The van der Waals surface area contributed by atoms with Crippen molar-refractivity contribution in [2.45, 2.75) is 39.5 Å². The SMILES string of the molecule is CCOc1ncnc(NCC2CCCCC2C)c1N. The molecule has 106 valence electrons. The molecule has 0 spiro atoms. The summed E-state index contributed by atoms with van der Waals surface area (Å²) in [5, 5.41) is 3.36. The highest BCUT2D eigenvalue weighted by molar-refractivity contribution is 5.66. The maximum absolute atomic E-state index is 6.01. The Labute approximate surface area is 115 Å². The summed E-state index contributed by atoms with van der Waals surface area (Å²) in [5.41, 5.74) is 6.51. The highest BCUT2D eigenvalue weighted by atomic mass is 16.5. The third kappa shape index (κ3) is 3.49. The van der Waals surface area contributed by atoms with Crippen molar-refractivity contribution in [2.75, 3.05) is 24.2 Å². The Morgan fingerprint density at radius 1 is 1.37 bits per heavy atom. The molecule has 2 unspecified atom stereocenters. The van der Waals surface area contributed by atoms with E-state index in [9.17, 15) is 0 Å². The second-order valence-corrected chi connectivity index (χ2v) is 5.28. The van der Waals surface area contributed by atoms with Gasteiger partial charge in [-0.1, -0.05) is 26.2 Å². The lowest BCUT2D eigenvalue weighted by Crippen LogP contribution is -2.25. The molecule has 0 aliphatic heterocycles. The molecule has 1 saturated carbocycles. The first-order valence-electron chi connectivity index (χ1n) is 7.19. The van der Waals surface area contributed by atoms with E-state index >= 15 is 0 Å². The highest BCUT2D eigenvalue weighted by Crippen LogP contribution is 2.31. The molecule has 3 N–H and O–H groups in total. The summed E-state index contributed by atoms with van der Waals surface area (Å²) in [6.07, 6.45) is 6.81. The summed E-state index contributed by atoms with van der Waals surface area (Å²) in [6.45, 7) is 5.73. The number of nitrogens with one attached hydrogen (secondary N) is 1. The Balaban J connectivity index is 1.97. The van der Waals surface area contributed by atoms with E-state index in [-0.39, 0.29) is 0 Å². The fourth-order valence-electron chi connectivity index (χ4n) is 2.70. The van der Waals surface area contributed by atoms with Crippen molar-refractivity contribution in [1.29, 1.82) is 0 Å². The van der Waals surface area contributed by atoms with Crippen LogP contribution in [0.4, 0.5) is 11.5 Å². The maximum atomic E-state index is 6.01. The minimum atomic E-state index is 0.469. The van der Waals surface area contributed by atoms with Crippen LogP contribution in [0.15, 0.2) is 6.33 Å². The molecule has 1 heterocycles. The van der Waals surface area contributed by atoms with Crippen molar-refractivity contribution in [3.8, 4) is 5.88 Å². The van der Waals surface area contributed by atoms with Crippen LogP contribution in [0.1, 0.15) is 39.5 Å². The summed E-state index contributed by atoms with van der Waals surface area (Å²) < 4.78 is 5.37. The summed E-state index contributed by atoms with van der Waals surface area (Å²) in [7, 11) is 0. The first kappa shape index (κ1) is 13.9. The molecule has 5 heteroatoms. The van der Waals surface area contributed by atoms with Gasteiger partial charge < -0.3 is 15.8 Å². The lowest BCUT2D eigenvalue weighted by molar-refractivity contribution is 0.268. The van der Waals surface area contributed by atoms with Crippen LogP contribution in [0.25, 0.3) is 0 Å². The van der Waals surface area contributed by atoms with Crippen LogP contribution in [0.2, 0.25) is 0 Å². The quantitative estimate of drug-likeness (QED) is 0.855. The Morgan fingerprint density at radius 3 is 2.89 bits per heavy atom. The second kappa shape index (κ2) is 6.59. The normalized spacial score (nSPS) is 23.1. The van der Waals surface area contributed by atoms with Gasteiger partial charge in [-0.05, 0) is 25.2 Å². The minimum absolute atomic E-state index is 0.469. The number of hydrogen-bond acceptors (Lipinski definition) is 5. The molecule has 1 aliphatic carbocycles. The molecule has 1 aromatic heterocycles. The van der Waals surface area contributed by atoms with Crippen LogP contribution in [-0.4, -0.2) is 23.1 Å². The van der Waals surface area contributed by atoms with Crippen LogP contribution in [0.3, 0.4) is 0 Å². The van der Waals surface area contributed by atoms with Crippen LogP contribution in [0, 0.1) is 11.8 Å². The molecule has 19 heavy (non-hydrogen) atoms. The van der Waals surface area contributed by atoms with Crippen LogP contribution in [0.5, 0.6) is 5.88 Å². The lowest BCUT2D eigenvalue weighted by Gasteiger charge is -2.29. The van der Waals surface area contributed by atoms with Crippen molar-refractivity contribution in [3.63, 3.8) is 0 Å². The summed E-state index contributed by atoms with van der Waals surface area (Å²) in [4.78, 5) is 8.24. The van der Waals surface area contributed by atoms with E-state index in [1.807, 2.05) is 6.92 Å². The third-order valence-corrected chi connectivity index (χ3v) is 3.95. The van der Waals surface area contributed by atoms with Crippen LogP contribution < -0.4 is 15.8 Å². The summed E-state index contributed by atoms with van der Waals surface area (Å²) >= 11 is 0. The van der Waals surface area contributed by atoms with Crippen molar-refractivity contribution in [2.24, 2.45) is 11.8 Å². The predicted molar refractivity (Wildman–Crippen MR) is 77.2 cm³/mol. The Kier molecular flexibility index (Phi) is 4.82. The van der Waals surface area contributed by atoms with Gasteiger partial charge in [0.05, 0.1) is 6.61 Å². The zero-order chi connectivity index (χ0) is 13.7. The first-order valence-corrected chi connectivity index (χ1v) is 7.19. The molecule has 0 amide bonds. The standard InChI is InChI=1S/C14H24N4O/c1-3-19-14-12(15)13(17-9-18-14)16-8-11-7-5-4-6-10(11)2/h9-11H,3-8,15H2,1-2H3,(H,16,17,18). The summed E-state index contributed by atoms with van der Waals surface area (Å²) in [6, 6.07) is 0. The molecule has 0 radical (unpaired) electrons. The van der Waals surface area contributed by atoms with Crippen molar-refractivity contribution in [1.82, 2.24) is 9.97 Å². The minimum Gasteiger partial charge on any atom is -0.476 e. The van der Waals surface area contributed by atoms with Crippen molar-refractivity contribution < 1.29 is 4.74 Å². The number of nitrogens with two attached hydrogens (primary N) is 1. The largest absolute Gasteiger partial charge is 0.476 e. The maximum Gasteiger partial charge on any atom is 0.242 e. The van der Waals surface area contributed by atoms with Gasteiger partial charge in [0.25, 0.3) is 0 Å². The molecule has 0 aromatic carbocycles. The molecule has 1 aliphatic rings. The highest BCUT2D eigenvalue weighted by Gasteiger charge is 2.21. The molecular weight excluding hydrogens is 240 g/mol. The van der Waals surface area contributed by atoms with Gasteiger partial charge >= 0.3 is 0 Å². The molecule has 5 nitrogen and oxygen atoms in total. The molecule has 0 saturated heterocycles. The molecular formula is C14H24N4O. The van der Waals surface area contributed by atoms with Gasteiger partial charge in [-0.2, -0.15) is 4.98 Å². The monoisotopic (exact) mass is 264 g/mol. The Bertz CT molecular complexity index is 410. The number of hydrogen-bond donors (Lipinski definition) is 2. The Hall–Kier alpha value is -1.52. The van der Waals surface area contributed by atoms with Gasteiger partial charge in [0.1, 0.15) is 12.0 Å². The number of ether oxygens (including phenoxy) is 1. The van der Waals surface area contributed by atoms with Crippen molar-refractivity contribution >= 4 is 11.5 Å². The van der Waals surface area contributed by atoms with Crippen LogP contribution in [-0.2, 0) is 0 Å². The average Bonchev–Trinajstić information content (AvgIpc) is 2.42. The molecule has 2 atom stereocenters. The van der Waals surface area contributed by atoms with E-state index in [1.165, 1.54) is 32.0 Å². The lowest BCUT2D eigenvalue weighted by atomic mass is 9.80. The first-order chi connectivity index (χ1) is 9.22. The van der Waals surface area contributed by atoms with Gasteiger partial charge in [-0.25, -0.2) is 4.98 Å². The third-order valence-electron chi connectivity index (χ3n) is 3.95. The smallest absolute Gasteiger partial charge is 0.242 e. The van der Waals surface area contributed by atoms with E-state index in [4.69, 9.17) is 10.5 Å². The number of nitrogens with zero attached hydrogens (tertiary/aromatic N) is 2. The molecule has 2 rings (SSSR count). The van der Waals surface area contributed by atoms with Gasteiger partial charge in [-0.3, -0.25) is 0 Å². The summed E-state index contributed by atoms with van der Waals surface area (Å²) in [5.74, 6) is 2.64. The number of anilines is 2. The van der Waals surface area contributed by atoms with Gasteiger partial charge in [0.2, 0.25) is 5.88 Å². The van der Waals surface area contributed by atoms with E-state index in [2.05, 4.69) is 22.2 Å². The molecule has 0 bridgehead atoms. The fourth-order valence-corrected chi connectivity index (χ4v) is 2.70. The zero-order valence-corrected chi connectivity index (χ0v) is 11.9. The fraction of sp³-hybridized carbons (Fsp3) is 0.714. The van der Waals surface area contributed by atoms with Crippen LogP contribution >= 0.6 is 0 Å². The Morgan fingerprint density at radius 2 is 2.16 bits per heavy atom. The average molecular weight is 264 g/mol. The van der Waals surface area contributed by atoms with E-state index < -0.39 is 0 Å². The van der Waals surface area contributed by atoms with Gasteiger partial charge in [0.15, 0.2) is 5.82 Å². The number of nitrogen functional groups attached to an aromatic ring is 1. The van der Waals surface area contributed by atoms with E-state index in [1.54, 1.807) is 0 Å². The van der Waals surface area contributed by atoms with E-state index in [0.29, 0.717) is 29.9 Å². The van der Waals surface area contributed by atoms with Gasteiger partial charge in [-0.15, -0.1) is 0 Å². The van der Waals surface area contributed by atoms with E-state index in [0.717, 1.165) is 12.5 Å². The number of rotatable bonds is 5. The molecule has 1 fully saturated rings. The van der Waals surface area contributed by atoms with Gasteiger partial charge in [0, 0.05) is 6.54 Å². The zero-order valence-electron chi connectivity index (χ0n) is 11.9. The second-order valence-electron chi connectivity index (χ2n) is 5.28. The molecule has 1 aromatic rings. The predicted octanol–water partition coefficient (Wildman–Crippen LogP) is 2.70.